The Labute approximate surface area is 178 Å². The van der Waals surface area contributed by atoms with Gasteiger partial charge in [-0.15, -0.1) is 0 Å². The van der Waals surface area contributed by atoms with Crippen molar-refractivity contribution in [2.75, 3.05) is 0 Å². The number of allylic oxidation sites excluding steroid dienone is 3. The number of rotatable bonds is 3. The number of carboxylic acid groups (broad SMARTS) is 2. The van der Waals surface area contributed by atoms with Gasteiger partial charge < -0.3 is 10.2 Å². The number of halogens is 1. The highest BCUT2D eigenvalue weighted by Crippen LogP contribution is 2.57. The third kappa shape index (κ3) is 2.94. The number of aliphatic carboxylic acids is 2. The number of nitrogens with zero attached hydrogens (tertiary/aromatic N) is 2. The zero-order valence-electron chi connectivity index (χ0n) is 17.1. The van der Waals surface area contributed by atoms with Crippen molar-refractivity contribution in [3.63, 3.8) is 0 Å². The van der Waals surface area contributed by atoms with E-state index in [9.17, 15) is 24.2 Å². The van der Waals surface area contributed by atoms with E-state index in [1.807, 2.05) is 17.0 Å². The number of hydrogen-bond donors (Lipinski definition) is 2. The molecule has 6 nitrogen and oxygen atoms in total. The van der Waals surface area contributed by atoms with Gasteiger partial charge in [-0.3, -0.25) is 9.59 Å². The topological polar surface area (TPSA) is 92.4 Å². The predicted molar refractivity (Wildman–Crippen MR) is 111 cm³/mol. The minimum absolute atomic E-state index is 0.239. The van der Waals surface area contributed by atoms with Crippen LogP contribution in [0.3, 0.4) is 0 Å². The van der Waals surface area contributed by atoms with Crippen molar-refractivity contribution < 1.29 is 24.2 Å². The molecule has 0 unspecified atom stereocenters. The molecule has 7 heteroatoms. The minimum Gasteiger partial charge on any atom is -0.481 e. The van der Waals surface area contributed by atoms with Crippen LogP contribution < -0.4 is 0 Å². The van der Waals surface area contributed by atoms with E-state index < -0.39 is 23.8 Å². The second-order valence-corrected chi connectivity index (χ2v) is 8.97. The van der Waals surface area contributed by atoms with Crippen molar-refractivity contribution >= 4 is 18.0 Å². The van der Waals surface area contributed by atoms with Crippen LogP contribution >= 0.6 is 0 Å². The molecule has 1 heterocycles. The third-order valence-electron chi connectivity index (χ3n) is 7.34. The molecule has 0 aliphatic heterocycles. The van der Waals surface area contributed by atoms with Gasteiger partial charge in [-0.05, 0) is 67.5 Å². The van der Waals surface area contributed by atoms with Gasteiger partial charge >= 0.3 is 11.9 Å². The first-order valence-corrected chi connectivity index (χ1v) is 10.5. The number of hydrogen-bond acceptors (Lipinski definition) is 3. The molecule has 4 atom stereocenters. The molecule has 0 bridgehead atoms. The summed E-state index contributed by atoms with van der Waals surface area (Å²) in [6, 6.07) is 6.21. The van der Waals surface area contributed by atoms with Gasteiger partial charge in [0.05, 0.1) is 29.4 Å². The molecule has 1 fully saturated rings. The zero-order chi connectivity index (χ0) is 21.9. The highest BCUT2D eigenvalue weighted by molar-refractivity contribution is 5.82. The van der Waals surface area contributed by atoms with E-state index in [4.69, 9.17) is 0 Å². The SMILES string of the molecule is C[C@]12Cc3cnn(-c4ccc(F)cc4)c3C=C1CC[C@H]1C2=CC[C@@H](C(=O)O)[C@@H]1C(=O)O. The summed E-state index contributed by atoms with van der Waals surface area (Å²) in [4.78, 5) is 23.7. The first kappa shape index (κ1) is 19.7. The van der Waals surface area contributed by atoms with Crippen LogP contribution in [0.25, 0.3) is 11.8 Å². The lowest BCUT2D eigenvalue weighted by Gasteiger charge is -2.49. The van der Waals surface area contributed by atoms with E-state index in [-0.39, 0.29) is 23.6 Å². The number of carbonyl (C=O) groups is 2. The number of fused-ring (bicyclic) bond motifs is 4. The lowest BCUT2D eigenvalue weighted by atomic mass is 9.54. The number of carboxylic acids is 2. The molecule has 2 aromatic rings. The first-order chi connectivity index (χ1) is 14.8. The molecule has 1 aromatic heterocycles. The number of benzene rings is 1. The van der Waals surface area contributed by atoms with Gasteiger partial charge in [-0.25, -0.2) is 9.07 Å². The van der Waals surface area contributed by atoms with Crippen molar-refractivity contribution in [2.45, 2.75) is 32.6 Å². The van der Waals surface area contributed by atoms with Gasteiger partial charge in [-0.1, -0.05) is 24.1 Å². The fourth-order valence-corrected chi connectivity index (χ4v) is 5.83. The molecule has 0 amide bonds. The van der Waals surface area contributed by atoms with Crippen molar-refractivity contribution in [1.82, 2.24) is 9.78 Å². The fraction of sp³-hybridized carbons (Fsp3) is 0.375. The highest BCUT2D eigenvalue weighted by atomic mass is 19.1. The van der Waals surface area contributed by atoms with Gasteiger partial charge in [-0.2, -0.15) is 5.10 Å². The second-order valence-electron chi connectivity index (χ2n) is 8.97. The Balaban J connectivity index is 1.56. The minimum atomic E-state index is -1.04. The maximum atomic E-state index is 13.3. The molecular weight excluding hydrogens is 399 g/mol. The van der Waals surface area contributed by atoms with Crippen molar-refractivity contribution in [3.05, 3.63) is 64.8 Å². The van der Waals surface area contributed by atoms with Crippen LogP contribution in [0, 0.1) is 29.0 Å². The van der Waals surface area contributed by atoms with Crippen LogP contribution in [0.5, 0.6) is 0 Å². The summed E-state index contributed by atoms with van der Waals surface area (Å²) in [5.74, 6) is -4.44. The maximum Gasteiger partial charge on any atom is 0.307 e. The van der Waals surface area contributed by atoms with Crippen LogP contribution in [0.1, 0.15) is 37.4 Å². The van der Waals surface area contributed by atoms with E-state index in [0.717, 1.165) is 22.5 Å². The molecule has 1 saturated carbocycles. The first-order valence-electron chi connectivity index (χ1n) is 10.5. The van der Waals surface area contributed by atoms with Gasteiger partial charge in [0.2, 0.25) is 0 Å². The van der Waals surface area contributed by atoms with Crippen LogP contribution in [0.4, 0.5) is 4.39 Å². The van der Waals surface area contributed by atoms with Gasteiger partial charge in [0, 0.05) is 5.41 Å². The fourth-order valence-electron chi connectivity index (χ4n) is 5.83. The van der Waals surface area contributed by atoms with Gasteiger partial charge in [0.1, 0.15) is 5.82 Å². The molecule has 31 heavy (non-hydrogen) atoms. The van der Waals surface area contributed by atoms with E-state index in [1.165, 1.54) is 17.7 Å². The summed E-state index contributed by atoms with van der Waals surface area (Å²) < 4.78 is 15.1. The molecule has 1 aromatic carbocycles. The quantitative estimate of drug-likeness (QED) is 0.727. The van der Waals surface area contributed by atoms with Crippen molar-refractivity contribution in [3.8, 4) is 5.69 Å². The Morgan fingerprint density at radius 1 is 1.19 bits per heavy atom. The molecule has 3 aliphatic rings. The summed E-state index contributed by atoms with van der Waals surface area (Å²) in [5, 5.41) is 23.9. The van der Waals surface area contributed by atoms with E-state index in [2.05, 4.69) is 18.1 Å². The standard InChI is InChI=1S/C24H23FN2O4/c1-24-11-13-12-26-27(16-5-3-15(25)4-6-16)20(13)10-14(24)2-7-17-19(24)9-8-18(22(28)29)21(17)23(30)31/h3-6,9-10,12,17-18,21H,2,7-8,11H2,1H3,(H,28,29)(H,30,31)/t17-,18+,21+,24-/m0/s1. The average Bonchev–Trinajstić information content (AvgIpc) is 3.13. The molecule has 0 spiro atoms. The normalized spacial score (nSPS) is 29.2. The molecule has 2 N–H and O–H groups in total. The second kappa shape index (κ2) is 6.90. The van der Waals surface area contributed by atoms with Crippen LogP contribution in [-0.4, -0.2) is 31.9 Å². The monoisotopic (exact) mass is 422 g/mol. The van der Waals surface area contributed by atoms with Gasteiger partial charge in [0.15, 0.2) is 0 Å². The predicted octanol–water partition coefficient (Wildman–Crippen LogP) is 4.10. The molecule has 0 saturated heterocycles. The summed E-state index contributed by atoms with van der Waals surface area (Å²) in [6.07, 6.45) is 8.18. The molecule has 0 radical (unpaired) electrons. The average molecular weight is 422 g/mol. The Kier molecular flexibility index (Phi) is 4.39. The van der Waals surface area contributed by atoms with E-state index >= 15 is 0 Å². The lowest BCUT2D eigenvalue weighted by molar-refractivity contribution is -0.156. The Morgan fingerprint density at radius 3 is 2.61 bits per heavy atom. The van der Waals surface area contributed by atoms with Crippen LogP contribution in [0.15, 0.2) is 47.7 Å². The lowest BCUT2D eigenvalue weighted by Crippen LogP contribution is -2.46. The largest absolute Gasteiger partial charge is 0.481 e. The maximum absolute atomic E-state index is 13.3. The Hall–Kier alpha value is -3.22. The van der Waals surface area contributed by atoms with Gasteiger partial charge in [0.25, 0.3) is 0 Å². The van der Waals surface area contributed by atoms with Crippen LogP contribution in [-0.2, 0) is 16.0 Å². The van der Waals surface area contributed by atoms with Crippen molar-refractivity contribution in [2.24, 2.45) is 23.2 Å². The Bertz CT molecular complexity index is 1150. The highest BCUT2D eigenvalue weighted by Gasteiger charge is 2.52. The third-order valence-corrected chi connectivity index (χ3v) is 7.34. The van der Waals surface area contributed by atoms with E-state index in [0.29, 0.717) is 19.3 Å². The Morgan fingerprint density at radius 2 is 1.94 bits per heavy atom. The summed E-state index contributed by atoms with van der Waals surface area (Å²) >= 11 is 0. The smallest absolute Gasteiger partial charge is 0.307 e. The van der Waals surface area contributed by atoms with E-state index in [1.54, 1.807) is 12.1 Å². The molecule has 3 aliphatic carbocycles. The molecule has 160 valence electrons. The molecular formula is C24H23FN2O4. The van der Waals surface area contributed by atoms with Crippen molar-refractivity contribution in [1.29, 1.82) is 0 Å². The zero-order valence-corrected chi connectivity index (χ0v) is 17.1. The summed E-state index contributed by atoms with van der Waals surface area (Å²) in [6.45, 7) is 2.13. The summed E-state index contributed by atoms with van der Waals surface area (Å²) in [5.41, 5.74) is 4.71. The van der Waals surface area contributed by atoms with Crippen LogP contribution in [0.2, 0.25) is 0 Å². The number of aromatic nitrogens is 2. The molecule has 5 rings (SSSR count). The summed E-state index contributed by atoms with van der Waals surface area (Å²) in [7, 11) is 0.